The van der Waals surface area contributed by atoms with Crippen LogP contribution in [0.15, 0.2) is 24.3 Å². The first-order valence-electron chi connectivity index (χ1n) is 5.64. The van der Waals surface area contributed by atoms with Crippen molar-refractivity contribution in [2.24, 2.45) is 0 Å². The van der Waals surface area contributed by atoms with Crippen molar-refractivity contribution in [2.45, 2.75) is 38.9 Å². The standard InChI is InChI=1S/C13H18BrClO/c1-3-6-10(2)16-13(9-14)11-7-4-5-8-12(11)15/h4-5,7-8,10,13H,3,6,9H2,1-2H3. The Morgan fingerprint density at radius 1 is 1.38 bits per heavy atom. The molecule has 1 rings (SSSR count). The number of ether oxygens (including phenoxy) is 1. The summed E-state index contributed by atoms with van der Waals surface area (Å²) in [4.78, 5) is 0. The Kier molecular flexibility index (Phi) is 6.40. The monoisotopic (exact) mass is 304 g/mol. The first-order valence-corrected chi connectivity index (χ1v) is 7.14. The van der Waals surface area contributed by atoms with Crippen LogP contribution in [0.3, 0.4) is 0 Å². The Labute approximate surface area is 111 Å². The molecule has 1 aromatic carbocycles. The Hall–Kier alpha value is -0.0500. The highest BCUT2D eigenvalue weighted by molar-refractivity contribution is 9.09. The number of hydrogen-bond donors (Lipinski definition) is 0. The third-order valence-corrected chi connectivity index (χ3v) is 3.42. The van der Waals surface area contributed by atoms with Gasteiger partial charge in [-0.05, 0) is 19.4 Å². The van der Waals surface area contributed by atoms with Crippen LogP contribution >= 0.6 is 27.5 Å². The molecule has 0 N–H and O–H groups in total. The molecule has 1 aromatic rings. The van der Waals surface area contributed by atoms with Crippen molar-refractivity contribution in [1.29, 1.82) is 0 Å². The van der Waals surface area contributed by atoms with Gasteiger partial charge in [0.05, 0.1) is 12.2 Å². The number of hydrogen-bond acceptors (Lipinski definition) is 1. The van der Waals surface area contributed by atoms with Gasteiger partial charge in [0.2, 0.25) is 0 Å². The van der Waals surface area contributed by atoms with Crippen LogP contribution < -0.4 is 0 Å². The summed E-state index contributed by atoms with van der Waals surface area (Å²) in [5, 5.41) is 1.54. The summed E-state index contributed by atoms with van der Waals surface area (Å²) in [5.74, 6) is 0. The molecule has 90 valence electrons. The number of halogens is 2. The van der Waals surface area contributed by atoms with Crippen LogP contribution in [0.2, 0.25) is 5.02 Å². The van der Waals surface area contributed by atoms with E-state index >= 15 is 0 Å². The molecule has 0 saturated heterocycles. The normalized spacial score (nSPS) is 14.8. The minimum absolute atomic E-state index is 0.0373. The highest BCUT2D eigenvalue weighted by Gasteiger charge is 2.16. The summed E-state index contributed by atoms with van der Waals surface area (Å²) in [6, 6.07) is 7.85. The minimum atomic E-state index is 0.0373. The molecule has 0 spiro atoms. The van der Waals surface area contributed by atoms with Gasteiger partial charge in [0.25, 0.3) is 0 Å². The van der Waals surface area contributed by atoms with E-state index in [4.69, 9.17) is 16.3 Å². The van der Waals surface area contributed by atoms with Crippen molar-refractivity contribution in [1.82, 2.24) is 0 Å². The summed E-state index contributed by atoms with van der Waals surface area (Å²) in [5.41, 5.74) is 1.06. The van der Waals surface area contributed by atoms with Gasteiger partial charge < -0.3 is 4.74 Å². The van der Waals surface area contributed by atoms with Crippen molar-refractivity contribution in [2.75, 3.05) is 5.33 Å². The van der Waals surface area contributed by atoms with Crippen molar-refractivity contribution in [3.8, 4) is 0 Å². The average molecular weight is 306 g/mol. The molecule has 0 aliphatic heterocycles. The molecule has 0 radical (unpaired) electrons. The highest BCUT2D eigenvalue weighted by Crippen LogP contribution is 2.28. The molecule has 0 aromatic heterocycles. The largest absolute Gasteiger partial charge is 0.370 e. The van der Waals surface area contributed by atoms with Gasteiger partial charge in [-0.3, -0.25) is 0 Å². The lowest BCUT2D eigenvalue weighted by Crippen LogP contribution is -2.15. The van der Waals surface area contributed by atoms with E-state index < -0.39 is 0 Å². The van der Waals surface area contributed by atoms with E-state index in [0.717, 1.165) is 28.8 Å². The number of rotatable bonds is 6. The maximum absolute atomic E-state index is 6.16. The van der Waals surface area contributed by atoms with E-state index in [2.05, 4.69) is 29.8 Å². The van der Waals surface area contributed by atoms with Gasteiger partial charge in [0.15, 0.2) is 0 Å². The third-order valence-electron chi connectivity index (χ3n) is 2.48. The quantitative estimate of drug-likeness (QED) is 0.673. The lowest BCUT2D eigenvalue weighted by molar-refractivity contribution is 0.00595. The lowest BCUT2D eigenvalue weighted by atomic mass is 10.1. The van der Waals surface area contributed by atoms with Crippen molar-refractivity contribution < 1.29 is 4.74 Å². The van der Waals surface area contributed by atoms with E-state index in [1.54, 1.807) is 0 Å². The van der Waals surface area contributed by atoms with Crippen LogP contribution in [0.4, 0.5) is 0 Å². The van der Waals surface area contributed by atoms with Crippen LogP contribution in [0.25, 0.3) is 0 Å². The summed E-state index contributed by atoms with van der Waals surface area (Å²) < 4.78 is 5.98. The van der Waals surface area contributed by atoms with Crippen LogP contribution in [0.1, 0.15) is 38.4 Å². The Bertz CT molecular complexity index is 317. The zero-order valence-electron chi connectivity index (χ0n) is 9.75. The Morgan fingerprint density at radius 2 is 2.06 bits per heavy atom. The zero-order chi connectivity index (χ0) is 12.0. The van der Waals surface area contributed by atoms with Crippen LogP contribution in [-0.4, -0.2) is 11.4 Å². The first-order chi connectivity index (χ1) is 7.69. The molecular weight excluding hydrogens is 287 g/mol. The molecule has 0 saturated carbocycles. The Morgan fingerprint density at radius 3 is 2.62 bits per heavy atom. The molecule has 0 aliphatic rings. The summed E-state index contributed by atoms with van der Waals surface area (Å²) in [7, 11) is 0. The van der Waals surface area contributed by atoms with Crippen LogP contribution in [-0.2, 0) is 4.74 Å². The number of alkyl halides is 1. The van der Waals surface area contributed by atoms with E-state index in [0.29, 0.717) is 0 Å². The Balaban J connectivity index is 2.71. The van der Waals surface area contributed by atoms with E-state index in [-0.39, 0.29) is 12.2 Å². The van der Waals surface area contributed by atoms with Gasteiger partial charge in [0, 0.05) is 15.9 Å². The smallest absolute Gasteiger partial charge is 0.0939 e. The average Bonchev–Trinajstić information content (AvgIpc) is 2.27. The van der Waals surface area contributed by atoms with Gasteiger partial charge in [-0.2, -0.15) is 0 Å². The van der Waals surface area contributed by atoms with E-state index in [1.165, 1.54) is 0 Å². The summed E-state index contributed by atoms with van der Waals surface area (Å²) in [6.07, 6.45) is 2.52. The fraction of sp³-hybridized carbons (Fsp3) is 0.538. The van der Waals surface area contributed by atoms with Crippen molar-refractivity contribution in [3.05, 3.63) is 34.9 Å². The molecule has 0 aliphatic carbocycles. The van der Waals surface area contributed by atoms with Gasteiger partial charge >= 0.3 is 0 Å². The topological polar surface area (TPSA) is 9.23 Å². The van der Waals surface area contributed by atoms with E-state index in [9.17, 15) is 0 Å². The maximum Gasteiger partial charge on any atom is 0.0939 e. The molecule has 0 amide bonds. The summed E-state index contributed by atoms with van der Waals surface area (Å²) in [6.45, 7) is 4.27. The molecule has 0 heterocycles. The fourth-order valence-corrected chi connectivity index (χ4v) is 2.44. The molecule has 0 bridgehead atoms. The molecular formula is C13H18BrClO. The molecule has 2 atom stereocenters. The van der Waals surface area contributed by atoms with Crippen molar-refractivity contribution >= 4 is 27.5 Å². The van der Waals surface area contributed by atoms with Crippen molar-refractivity contribution in [3.63, 3.8) is 0 Å². The third kappa shape index (κ3) is 4.08. The van der Waals surface area contributed by atoms with Crippen LogP contribution in [0, 0.1) is 0 Å². The maximum atomic E-state index is 6.16. The van der Waals surface area contributed by atoms with Gasteiger partial charge in [-0.25, -0.2) is 0 Å². The van der Waals surface area contributed by atoms with Gasteiger partial charge in [-0.1, -0.05) is 59.1 Å². The second kappa shape index (κ2) is 7.31. The molecule has 1 nitrogen and oxygen atoms in total. The zero-order valence-corrected chi connectivity index (χ0v) is 12.1. The highest BCUT2D eigenvalue weighted by atomic mass is 79.9. The van der Waals surface area contributed by atoms with Gasteiger partial charge in [-0.15, -0.1) is 0 Å². The summed E-state index contributed by atoms with van der Waals surface area (Å²) >= 11 is 9.64. The molecule has 0 fully saturated rings. The molecule has 3 heteroatoms. The predicted octanol–water partition coefficient (Wildman–Crippen LogP) is 4.98. The molecule has 16 heavy (non-hydrogen) atoms. The van der Waals surface area contributed by atoms with E-state index in [1.807, 2.05) is 24.3 Å². The van der Waals surface area contributed by atoms with Gasteiger partial charge in [0.1, 0.15) is 0 Å². The first kappa shape index (κ1) is 14.0. The lowest BCUT2D eigenvalue weighted by Gasteiger charge is -2.21. The SMILES string of the molecule is CCCC(C)OC(CBr)c1ccccc1Cl. The molecule has 2 unspecified atom stereocenters. The fourth-order valence-electron chi connectivity index (χ4n) is 1.68. The minimum Gasteiger partial charge on any atom is -0.370 e. The number of benzene rings is 1. The van der Waals surface area contributed by atoms with Crippen LogP contribution in [0.5, 0.6) is 0 Å². The second-order valence-corrected chi connectivity index (χ2v) is 4.95. The predicted molar refractivity (Wildman–Crippen MR) is 73.4 cm³/mol. The second-order valence-electron chi connectivity index (χ2n) is 3.90.